The summed E-state index contributed by atoms with van der Waals surface area (Å²) in [6.07, 6.45) is 0. The van der Waals surface area contributed by atoms with E-state index in [1.54, 1.807) is 0 Å². The van der Waals surface area contributed by atoms with Gasteiger partial charge in [0.15, 0.2) is 0 Å². The van der Waals surface area contributed by atoms with Gasteiger partial charge in [-0.3, -0.25) is 0 Å². The summed E-state index contributed by atoms with van der Waals surface area (Å²) in [5.74, 6) is -0.0768. The molecule has 3 amide bonds. The van der Waals surface area contributed by atoms with Crippen molar-refractivity contribution in [2.75, 3.05) is 11.5 Å². The number of halogens is 2. The van der Waals surface area contributed by atoms with E-state index in [0.29, 0.717) is 0 Å². The second-order valence-electron chi connectivity index (χ2n) is 1.71. The molecule has 0 aromatic heterocycles. The molecule has 0 atom stereocenters. The van der Waals surface area contributed by atoms with Crippen LogP contribution in [0.3, 0.4) is 0 Å². The molecule has 0 aromatic rings. The fourth-order valence-electron chi connectivity index (χ4n) is 0.639. The Morgan fingerprint density at radius 1 is 1.70 bits per heavy atom. The van der Waals surface area contributed by atoms with Crippen LogP contribution in [0, 0.1) is 0 Å². The zero-order valence-electron chi connectivity index (χ0n) is 5.23. The molecule has 10 heavy (non-hydrogen) atoms. The Labute approximate surface area is 75.6 Å². The first kappa shape index (κ1) is 8.50. The quantitative estimate of drug-likeness (QED) is 0.324. The average molecular weight is 368 g/mol. The Morgan fingerprint density at radius 3 is 2.50 bits per heavy atom. The van der Waals surface area contributed by atoms with Gasteiger partial charge in [-0.15, -0.1) is 0 Å². The third-order valence-corrected chi connectivity index (χ3v) is 5.77. The molecule has 0 bridgehead atoms. The first-order chi connectivity index (χ1) is 4.63. The van der Waals surface area contributed by atoms with Crippen molar-refractivity contribution >= 4 is 46.7 Å². The Hall–Kier alpha value is 0.400. The van der Waals surface area contributed by atoms with Crippen molar-refractivity contribution in [3.05, 3.63) is 0 Å². The third kappa shape index (κ3) is 1.52. The molecule has 0 radical (unpaired) electrons. The summed E-state index contributed by atoms with van der Waals surface area (Å²) in [7, 11) is 0. The Bertz CT molecular complexity index is 166. The van der Waals surface area contributed by atoms with Gasteiger partial charge >= 0.3 is 76.2 Å². The van der Waals surface area contributed by atoms with Crippen molar-refractivity contribution in [2.45, 2.75) is 0 Å². The molecule has 1 aliphatic rings. The number of nitrogens with one attached hydrogen (secondary N) is 1. The van der Waals surface area contributed by atoms with Gasteiger partial charge in [-0.2, -0.15) is 0 Å². The number of nitrogens with zero attached hydrogens (tertiary/aromatic N) is 1. The molecule has 0 aromatic carbocycles. The van der Waals surface area contributed by atoms with Crippen LogP contribution >= 0.6 is 34.7 Å². The van der Waals surface area contributed by atoms with E-state index in [2.05, 4.69) is 23.9 Å². The van der Waals surface area contributed by atoms with Crippen molar-refractivity contribution < 1.29 is 9.59 Å². The van der Waals surface area contributed by atoms with E-state index in [1.165, 1.54) is 3.11 Å². The number of urea groups is 1. The fourth-order valence-corrected chi connectivity index (χ4v) is 4.80. The molecule has 0 saturated carbocycles. The molecule has 1 rings (SSSR count). The number of amides is 3. The Kier molecular flexibility index (Phi) is 2.72. The SMILES string of the molecule is CI(I)N1C(=O)CNC1=O. The van der Waals surface area contributed by atoms with Crippen LogP contribution < -0.4 is 5.32 Å². The standard InChI is InChI=1S/C4H6I2N2O2/c1-6(5)8-3(9)2-7-4(8)10/h2H2,1H3,(H,7,10). The second-order valence-corrected chi connectivity index (χ2v) is 12.7. The monoisotopic (exact) mass is 368 g/mol. The molecule has 1 fully saturated rings. The van der Waals surface area contributed by atoms with Crippen molar-refractivity contribution in [3.8, 4) is 0 Å². The first-order valence-corrected chi connectivity index (χ1v) is 11.9. The first-order valence-electron chi connectivity index (χ1n) is 2.50. The van der Waals surface area contributed by atoms with Crippen molar-refractivity contribution in [2.24, 2.45) is 0 Å². The minimum atomic E-state index is -1.46. The molecule has 1 N–H and O–H groups in total. The van der Waals surface area contributed by atoms with E-state index >= 15 is 0 Å². The third-order valence-electron chi connectivity index (χ3n) is 1.02. The van der Waals surface area contributed by atoms with E-state index in [-0.39, 0.29) is 18.5 Å². The van der Waals surface area contributed by atoms with Crippen LogP contribution in [0.2, 0.25) is 0 Å². The molecule has 0 spiro atoms. The van der Waals surface area contributed by atoms with Gasteiger partial charge in [-0.1, -0.05) is 0 Å². The summed E-state index contributed by atoms with van der Waals surface area (Å²) in [4.78, 5) is 23.7. The zero-order valence-corrected chi connectivity index (χ0v) is 9.54. The molecule has 1 saturated heterocycles. The maximum atomic E-state index is 10.9. The molecule has 1 aliphatic heterocycles. The average Bonchev–Trinajstić information content (AvgIpc) is 2.11. The van der Waals surface area contributed by atoms with Crippen molar-refractivity contribution in [1.29, 1.82) is 0 Å². The molecule has 58 valence electrons. The summed E-state index contributed by atoms with van der Waals surface area (Å²) in [6, 6.07) is -0.216. The minimum absolute atomic E-state index is 0.0768. The van der Waals surface area contributed by atoms with Gasteiger partial charge in [0.2, 0.25) is 0 Å². The van der Waals surface area contributed by atoms with Gasteiger partial charge in [0.05, 0.1) is 0 Å². The number of imide groups is 1. The van der Waals surface area contributed by atoms with E-state index in [9.17, 15) is 9.59 Å². The van der Waals surface area contributed by atoms with Gasteiger partial charge in [0.25, 0.3) is 0 Å². The van der Waals surface area contributed by atoms with E-state index < -0.39 is 16.1 Å². The van der Waals surface area contributed by atoms with Crippen LogP contribution in [0.25, 0.3) is 0 Å². The van der Waals surface area contributed by atoms with Gasteiger partial charge in [0.1, 0.15) is 0 Å². The molecular formula is C4H6I2N2O2. The summed E-state index contributed by atoms with van der Waals surface area (Å²) >= 11 is 0.721. The van der Waals surface area contributed by atoms with E-state index in [4.69, 9.17) is 0 Å². The van der Waals surface area contributed by atoms with Crippen molar-refractivity contribution in [1.82, 2.24) is 8.43 Å². The van der Waals surface area contributed by atoms with Gasteiger partial charge in [-0.25, -0.2) is 0 Å². The Balaban J connectivity index is 2.72. The Morgan fingerprint density at radius 2 is 2.30 bits per heavy atom. The van der Waals surface area contributed by atoms with Gasteiger partial charge < -0.3 is 0 Å². The van der Waals surface area contributed by atoms with Gasteiger partial charge in [-0.05, 0) is 0 Å². The zero-order chi connectivity index (χ0) is 7.72. The molecule has 4 nitrogen and oxygen atoms in total. The fraction of sp³-hybridized carbons (Fsp3) is 0.500. The van der Waals surface area contributed by atoms with Crippen LogP contribution in [0.1, 0.15) is 0 Å². The molecule has 0 aliphatic carbocycles. The van der Waals surface area contributed by atoms with Crippen LogP contribution in [0.15, 0.2) is 0 Å². The van der Waals surface area contributed by atoms with E-state index in [1.807, 2.05) is 4.93 Å². The van der Waals surface area contributed by atoms with E-state index in [0.717, 1.165) is 0 Å². The molecule has 6 heteroatoms. The number of hydrogen-bond acceptors (Lipinski definition) is 2. The summed E-state index contributed by atoms with van der Waals surface area (Å²) in [5, 5.41) is 2.47. The number of rotatable bonds is 1. The summed E-state index contributed by atoms with van der Waals surface area (Å²) in [5.41, 5.74) is 0. The van der Waals surface area contributed by atoms with Crippen LogP contribution in [0.5, 0.6) is 0 Å². The second kappa shape index (κ2) is 3.20. The van der Waals surface area contributed by atoms with Crippen molar-refractivity contribution in [3.63, 3.8) is 0 Å². The molecular weight excluding hydrogens is 362 g/mol. The number of alkyl halides is 1. The predicted molar refractivity (Wildman–Crippen MR) is 54.2 cm³/mol. The van der Waals surface area contributed by atoms with Crippen LogP contribution in [-0.2, 0) is 4.79 Å². The molecule has 0 unspecified atom stereocenters. The maximum absolute atomic E-state index is 10.9. The van der Waals surface area contributed by atoms with Crippen LogP contribution in [0.4, 0.5) is 4.79 Å². The summed E-state index contributed by atoms with van der Waals surface area (Å²) < 4.78 is 1.37. The number of carbonyl (C=O) groups excluding carboxylic acids is 2. The predicted octanol–water partition coefficient (Wildman–Crippen LogP) is 0.939. The summed E-state index contributed by atoms with van der Waals surface area (Å²) in [6.45, 7) is 0.184. The van der Waals surface area contributed by atoms with Gasteiger partial charge in [0, 0.05) is 0 Å². The number of hydrogen-bond donors (Lipinski definition) is 1. The normalized spacial score (nSPS) is 19.4. The number of carbonyl (C=O) groups is 2. The molecule has 1 heterocycles. The van der Waals surface area contributed by atoms with Crippen LogP contribution in [-0.4, -0.2) is 26.5 Å². The topological polar surface area (TPSA) is 49.4 Å².